The molecular formula is C21H37N3O3. The Balaban J connectivity index is 2.60. The second-order valence-electron chi connectivity index (χ2n) is 6.54. The number of hydrogen-bond acceptors (Lipinski definition) is 4. The number of methoxy groups -OCH3 is 1. The summed E-state index contributed by atoms with van der Waals surface area (Å²) in [4.78, 5) is 4.71. The van der Waals surface area contributed by atoms with Crippen molar-refractivity contribution in [1.29, 1.82) is 0 Å². The number of aliphatic imine (C=N–C) groups is 1. The summed E-state index contributed by atoms with van der Waals surface area (Å²) in [6, 6.07) is 7.96. The Morgan fingerprint density at radius 1 is 1.15 bits per heavy atom. The van der Waals surface area contributed by atoms with Crippen LogP contribution in [0.5, 0.6) is 5.75 Å². The number of aliphatic hydroxyl groups excluding tert-OH is 1. The van der Waals surface area contributed by atoms with Gasteiger partial charge in [-0.1, -0.05) is 25.5 Å². The average Bonchev–Trinajstić information content (AvgIpc) is 2.69. The van der Waals surface area contributed by atoms with Crippen molar-refractivity contribution in [1.82, 2.24) is 10.6 Å². The predicted octanol–water partition coefficient (Wildman–Crippen LogP) is 2.96. The summed E-state index contributed by atoms with van der Waals surface area (Å²) in [7, 11) is 1.67. The van der Waals surface area contributed by atoms with E-state index in [1.807, 2.05) is 31.2 Å². The van der Waals surface area contributed by atoms with Crippen LogP contribution in [-0.2, 0) is 11.3 Å². The van der Waals surface area contributed by atoms with Gasteiger partial charge in [0, 0.05) is 32.9 Å². The van der Waals surface area contributed by atoms with Crippen LogP contribution < -0.4 is 15.4 Å². The van der Waals surface area contributed by atoms with E-state index >= 15 is 0 Å². The van der Waals surface area contributed by atoms with Crippen molar-refractivity contribution < 1.29 is 14.6 Å². The van der Waals surface area contributed by atoms with Gasteiger partial charge in [-0.15, -0.1) is 0 Å². The molecule has 3 N–H and O–H groups in total. The summed E-state index contributed by atoms with van der Waals surface area (Å²) in [5.41, 5.74) is 1.13. The summed E-state index contributed by atoms with van der Waals surface area (Å²) in [6.45, 7) is 8.13. The zero-order valence-corrected chi connectivity index (χ0v) is 17.2. The average molecular weight is 380 g/mol. The zero-order valence-electron chi connectivity index (χ0n) is 17.2. The van der Waals surface area contributed by atoms with E-state index in [4.69, 9.17) is 14.5 Å². The monoisotopic (exact) mass is 379 g/mol. The number of benzene rings is 1. The van der Waals surface area contributed by atoms with Crippen LogP contribution in [0.25, 0.3) is 0 Å². The molecule has 1 unspecified atom stereocenters. The largest absolute Gasteiger partial charge is 0.497 e. The molecule has 6 nitrogen and oxygen atoms in total. The number of guanidine groups is 1. The molecule has 0 aliphatic carbocycles. The molecule has 0 amide bonds. The standard InChI is InChI=1S/C21H37N3O3/c1-4-7-18(12-14-25)16-23-21(22-13-6-15-27-5-2)24-17-19-8-10-20(26-3)11-9-19/h8-11,18,25H,4-7,12-17H2,1-3H3,(H2,22,23,24). The molecule has 6 heteroatoms. The highest BCUT2D eigenvalue weighted by Crippen LogP contribution is 2.12. The minimum atomic E-state index is 0.229. The van der Waals surface area contributed by atoms with Crippen molar-refractivity contribution in [3.05, 3.63) is 29.8 Å². The molecular weight excluding hydrogens is 342 g/mol. The molecule has 0 spiro atoms. The van der Waals surface area contributed by atoms with Crippen LogP contribution in [0.3, 0.4) is 0 Å². The van der Waals surface area contributed by atoms with Crippen LogP contribution in [0.1, 0.15) is 45.1 Å². The van der Waals surface area contributed by atoms with Gasteiger partial charge in [0.1, 0.15) is 5.75 Å². The third-order valence-electron chi connectivity index (χ3n) is 4.33. The molecule has 1 atom stereocenters. The van der Waals surface area contributed by atoms with Crippen LogP contribution in [0.4, 0.5) is 0 Å². The molecule has 1 aromatic carbocycles. The van der Waals surface area contributed by atoms with E-state index in [-0.39, 0.29) is 6.61 Å². The van der Waals surface area contributed by atoms with E-state index in [0.29, 0.717) is 12.5 Å². The molecule has 1 rings (SSSR count). The number of aliphatic hydroxyl groups is 1. The minimum absolute atomic E-state index is 0.229. The molecule has 0 bridgehead atoms. The summed E-state index contributed by atoms with van der Waals surface area (Å²) < 4.78 is 10.6. The number of ether oxygens (including phenoxy) is 2. The Labute approximate surface area is 164 Å². The Morgan fingerprint density at radius 3 is 2.56 bits per heavy atom. The predicted molar refractivity (Wildman–Crippen MR) is 111 cm³/mol. The van der Waals surface area contributed by atoms with E-state index in [9.17, 15) is 5.11 Å². The van der Waals surface area contributed by atoms with Crippen molar-refractivity contribution >= 4 is 5.96 Å². The van der Waals surface area contributed by atoms with E-state index in [0.717, 1.165) is 69.3 Å². The van der Waals surface area contributed by atoms with Crippen molar-refractivity contribution in [2.45, 2.75) is 46.1 Å². The summed E-state index contributed by atoms with van der Waals surface area (Å²) in [6.07, 6.45) is 3.97. The molecule has 1 aromatic rings. The Hall–Kier alpha value is -1.79. The van der Waals surface area contributed by atoms with E-state index in [1.165, 1.54) is 0 Å². The van der Waals surface area contributed by atoms with Gasteiger partial charge in [0.05, 0.1) is 13.7 Å². The normalized spacial score (nSPS) is 12.7. The van der Waals surface area contributed by atoms with Gasteiger partial charge in [-0.25, -0.2) is 4.99 Å². The molecule has 0 heterocycles. The maximum atomic E-state index is 9.25. The Morgan fingerprint density at radius 2 is 1.93 bits per heavy atom. The van der Waals surface area contributed by atoms with Gasteiger partial charge in [0.15, 0.2) is 5.96 Å². The molecule has 0 saturated heterocycles. The van der Waals surface area contributed by atoms with Crippen LogP contribution in [-0.4, -0.2) is 51.1 Å². The lowest BCUT2D eigenvalue weighted by molar-refractivity contribution is 0.145. The molecule has 0 aliphatic rings. The highest BCUT2D eigenvalue weighted by Gasteiger charge is 2.08. The fourth-order valence-electron chi connectivity index (χ4n) is 2.78. The maximum absolute atomic E-state index is 9.25. The molecule has 0 aromatic heterocycles. The fourth-order valence-corrected chi connectivity index (χ4v) is 2.78. The maximum Gasteiger partial charge on any atom is 0.191 e. The quantitative estimate of drug-likeness (QED) is 0.263. The fraction of sp³-hybridized carbons (Fsp3) is 0.667. The lowest BCUT2D eigenvalue weighted by Crippen LogP contribution is -2.40. The van der Waals surface area contributed by atoms with Crippen LogP contribution in [0.2, 0.25) is 0 Å². The first-order valence-electron chi connectivity index (χ1n) is 10.1. The Kier molecular flexibility index (Phi) is 13.2. The molecule has 0 fully saturated rings. The van der Waals surface area contributed by atoms with Gasteiger partial charge in [0.2, 0.25) is 0 Å². The first-order valence-corrected chi connectivity index (χ1v) is 10.1. The van der Waals surface area contributed by atoms with E-state index in [2.05, 4.69) is 17.6 Å². The Bertz CT molecular complexity index is 500. The lowest BCUT2D eigenvalue weighted by Gasteiger charge is -2.18. The third kappa shape index (κ3) is 10.8. The highest BCUT2D eigenvalue weighted by atomic mass is 16.5. The van der Waals surface area contributed by atoms with E-state index in [1.54, 1.807) is 7.11 Å². The summed E-state index contributed by atoms with van der Waals surface area (Å²) in [5, 5.41) is 16.1. The lowest BCUT2D eigenvalue weighted by atomic mass is 10.0. The first-order chi connectivity index (χ1) is 13.2. The second kappa shape index (κ2) is 15.3. The van der Waals surface area contributed by atoms with Crippen molar-refractivity contribution in [3.63, 3.8) is 0 Å². The molecule has 154 valence electrons. The van der Waals surface area contributed by atoms with Gasteiger partial charge in [-0.05, 0) is 49.8 Å². The molecule has 27 heavy (non-hydrogen) atoms. The van der Waals surface area contributed by atoms with Crippen molar-refractivity contribution in [2.24, 2.45) is 10.9 Å². The number of hydrogen-bond donors (Lipinski definition) is 3. The second-order valence-corrected chi connectivity index (χ2v) is 6.54. The molecule has 0 aliphatic heterocycles. The minimum Gasteiger partial charge on any atom is -0.497 e. The van der Waals surface area contributed by atoms with Crippen LogP contribution >= 0.6 is 0 Å². The first kappa shape index (κ1) is 23.2. The number of rotatable bonds is 14. The third-order valence-corrected chi connectivity index (χ3v) is 4.33. The molecule has 0 saturated carbocycles. The van der Waals surface area contributed by atoms with Gasteiger partial charge in [0.25, 0.3) is 0 Å². The van der Waals surface area contributed by atoms with Crippen LogP contribution in [0, 0.1) is 5.92 Å². The number of nitrogens with zero attached hydrogens (tertiary/aromatic N) is 1. The topological polar surface area (TPSA) is 75.1 Å². The molecule has 0 radical (unpaired) electrons. The summed E-state index contributed by atoms with van der Waals surface area (Å²) >= 11 is 0. The van der Waals surface area contributed by atoms with Gasteiger partial charge in [-0.3, -0.25) is 0 Å². The van der Waals surface area contributed by atoms with Crippen molar-refractivity contribution in [3.8, 4) is 5.75 Å². The van der Waals surface area contributed by atoms with Gasteiger partial charge in [-0.2, -0.15) is 0 Å². The SMILES string of the molecule is CCCC(CCO)CNC(=NCc1ccc(OC)cc1)NCCCOCC. The van der Waals surface area contributed by atoms with E-state index < -0.39 is 0 Å². The van der Waals surface area contributed by atoms with Gasteiger partial charge >= 0.3 is 0 Å². The zero-order chi connectivity index (χ0) is 19.7. The van der Waals surface area contributed by atoms with Gasteiger partial charge < -0.3 is 25.2 Å². The highest BCUT2D eigenvalue weighted by molar-refractivity contribution is 5.79. The van der Waals surface area contributed by atoms with Crippen LogP contribution in [0.15, 0.2) is 29.3 Å². The van der Waals surface area contributed by atoms with Crippen molar-refractivity contribution in [2.75, 3.05) is 40.0 Å². The summed E-state index contributed by atoms with van der Waals surface area (Å²) in [5.74, 6) is 2.11. The number of nitrogens with one attached hydrogen (secondary N) is 2. The smallest absolute Gasteiger partial charge is 0.191 e.